The molecule has 2 amide bonds. The van der Waals surface area contributed by atoms with Crippen LogP contribution in [0.2, 0.25) is 0 Å². The fourth-order valence-electron chi connectivity index (χ4n) is 0.293. The van der Waals surface area contributed by atoms with E-state index in [1.54, 1.807) is 0 Å². The Hall–Kier alpha value is -0.810. The second kappa shape index (κ2) is 10.2. The summed E-state index contributed by atoms with van der Waals surface area (Å²) in [6.07, 6.45) is -0.0990. The molecule has 0 spiro atoms. The van der Waals surface area contributed by atoms with Crippen molar-refractivity contribution >= 4 is 23.4 Å². The van der Waals surface area contributed by atoms with Crippen molar-refractivity contribution in [3.8, 4) is 0 Å². The van der Waals surface area contributed by atoms with Crippen LogP contribution in [0.25, 0.3) is 0 Å². The quantitative estimate of drug-likeness (QED) is 0.337. The van der Waals surface area contributed by atoms with Crippen LogP contribution in [0, 0.1) is 0 Å². The fourth-order valence-corrected chi connectivity index (χ4v) is 0.293. The third-order valence-electron chi connectivity index (χ3n) is 0.723. The lowest BCUT2D eigenvalue weighted by Gasteiger charge is -1.92. The standard InChI is InChI=1S/C4H8N2O3.C2H5Cl/c5-3(7)1-2-4(8)6-9;1-2-3/h9H,1-2H2,(H2,5,7)(H,6,8);2H2,1H3. The molecule has 0 radical (unpaired) electrons. The Balaban J connectivity index is 0. The summed E-state index contributed by atoms with van der Waals surface area (Å²) in [6.45, 7) is 1.89. The zero-order valence-corrected chi connectivity index (χ0v) is 7.60. The van der Waals surface area contributed by atoms with Crippen LogP contribution in [-0.2, 0) is 9.59 Å². The number of nitrogens with two attached hydrogens (primary N) is 1. The molecule has 0 aromatic carbocycles. The third-order valence-corrected chi connectivity index (χ3v) is 0.723. The van der Waals surface area contributed by atoms with E-state index in [9.17, 15) is 9.59 Å². The van der Waals surface area contributed by atoms with Crippen LogP contribution in [0.15, 0.2) is 0 Å². The lowest BCUT2D eigenvalue weighted by Crippen LogP contribution is -2.21. The number of primary amides is 1. The van der Waals surface area contributed by atoms with Gasteiger partial charge >= 0.3 is 0 Å². The van der Waals surface area contributed by atoms with Crippen molar-refractivity contribution in [2.24, 2.45) is 5.73 Å². The van der Waals surface area contributed by atoms with Gasteiger partial charge in [-0.15, -0.1) is 11.6 Å². The Labute approximate surface area is 75.8 Å². The maximum atomic E-state index is 10.1. The van der Waals surface area contributed by atoms with Crippen molar-refractivity contribution in [3.63, 3.8) is 0 Å². The van der Waals surface area contributed by atoms with E-state index in [4.69, 9.17) is 22.5 Å². The summed E-state index contributed by atoms with van der Waals surface area (Å²) in [7, 11) is 0. The normalized spacial score (nSPS) is 7.92. The Morgan fingerprint density at radius 2 is 1.92 bits per heavy atom. The average Bonchev–Trinajstić information content (AvgIpc) is 2.01. The number of alkyl halides is 1. The molecule has 0 saturated carbocycles. The molecule has 0 rings (SSSR count). The lowest BCUT2D eigenvalue weighted by atomic mass is 10.3. The van der Waals surface area contributed by atoms with E-state index in [2.05, 4.69) is 0 Å². The van der Waals surface area contributed by atoms with Gasteiger partial charge in [-0.3, -0.25) is 14.8 Å². The first-order valence-corrected chi connectivity index (χ1v) is 3.89. The summed E-state index contributed by atoms with van der Waals surface area (Å²) in [5.41, 5.74) is 6.07. The van der Waals surface area contributed by atoms with Gasteiger partial charge in [0.25, 0.3) is 0 Å². The molecule has 0 unspecified atom stereocenters. The summed E-state index contributed by atoms with van der Waals surface area (Å²) < 4.78 is 0. The monoisotopic (exact) mass is 196 g/mol. The van der Waals surface area contributed by atoms with Gasteiger partial charge in [-0.05, 0) is 0 Å². The molecule has 0 aliphatic heterocycles. The summed E-state index contributed by atoms with van der Waals surface area (Å²) in [4.78, 5) is 20.1. The predicted octanol–water partition coefficient (Wildman–Crippen LogP) is 0.00240. The van der Waals surface area contributed by atoms with E-state index in [1.807, 2.05) is 6.92 Å². The molecule has 0 saturated heterocycles. The van der Waals surface area contributed by atoms with E-state index in [0.717, 1.165) is 5.88 Å². The molecule has 0 aromatic rings. The second-order valence-electron chi connectivity index (χ2n) is 1.77. The van der Waals surface area contributed by atoms with Gasteiger partial charge in [-0.25, -0.2) is 5.48 Å². The van der Waals surface area contributed by atoms with Crippen molar-refractivity contribution < 1.29 is 14.8 Å². The minimum Gasteiger partial charge on any atom is -0.370 e. The molecule has 72 valence electrons. The second-order valence-corrected chi connectivity index (χ2v) is 2.30. The van der Waals surface area contributed by atoms with Crippen LogP contribution in [-0.4, -0.2) is 22.9 Å². The van der Waals surface area contributed by atoms with Crippen molar-refractivity contribution in [2.45, 2.75) is 19.8 Å². The van der Waals surface area contributed by atoms with E-state index >= 15 is 0 Å². The molecule has 0 bridgehead atoms. The number of amides is 2. The molecule has 0 aliphatic rings. The first kappa shape index (κ1) is 13.8. The molecule has 0 atom stereocenters. The van der Waals surface area contributed by atoms with Crippen LogP contribution in [0.1, 0.15) is 19.8 Å². The van der Waals surface area contributed by atoms with Gasteiger partial charge in [0, 0.05) is 18.7 Å². The average molecular weight is 197 g/mol. The highest BCUT2D eigenvalue weighted by atomic mass is 35.5. The molecular weight excluding hydrogens is 184 g/mol. The molecule has 4 N–H and O–H groups in total. The smallest absolute Gasteiger partial charge is 0.243 e. The predicted molar refractivity (Wildman–Crippen MR) is 44.8 cm³/mol. The van der Waals surface area contributed by atoms with Gasteiger partial charge < -0.3 is 5.73 Å². The highest BCUT2D eigenvalue weighted by molar-refractivity contribution is 6.17. The highest BCUT2D eigenvalue weighted by Gasteiger charge is 2.00. The maximum absolute atomic E-state index is 10.1. The van der Waals surface area contributed by atoms with Crippen LogP contribution in [0.5, 0.6) is 0 Å². The third kappa shape index (κ3) is 16.1. The van der Waals surface area contributed by atoms with Gasteiger partial charge in [-0.2, -0.15) is 0 Å². The van der Waals surface area contributed by atoms with Crippen molar-refractivity contribution in [1.82, 2.24) is 5.48 Å². The molecule has 0 heterocycles. The molecule has 12 heavy (non-hydrogen) atoms. The van der Waals surface area contributed by atoms with Crippen molar-refractivity contribution in [1.29, 1.82) is 0 Å². The van der Waals surface area contributed by atoms with Gasteiger partial charge in [-0.1, -0.05) is 6.92 Å². The van der Waals surface area contributed by atoms with Gasteiger partial charge in [0.2, 0.25) is 11.8 Å². The largest absolute Gasteiger partial charge is 0.370 e. The highest BCUT2D eigenvalue weighted by Crippen LogP contribution is 1.84. The van der Waals surface area contributed by atoms with Crippen LogP contribution in [0.4, 0.5) is 0 Å². The SMILES string of the molecule is CCCl.NC(=O)CCC(=O)NO. The van der Waals surface area contributed by atoms with Crippen LogP contribution >= 0.6 is 11.6 Å². The summed E-state index contributed by atoms with van der Waals surface area (Å²) >= 11 is 5.00. The van der Waals surface area contributed by atoms with E-state index in [-0.39, 0.29) is 12.8 Å². The summed E-state index contributed by atoms with van der Waals surface area (Å²) in [5.74, 6) is -0.438. The van der Waals surface area contributed by atoms with Gasteiger partial charge in [0.1, 0.15) is 0 Å². The van der Waals surface area contributed by atoms with E-state index < -0.39 is 11.8 Å². The topological polar surface area (TPSA) is 92.4 Å². The number of halogens is 1. The Morgan fingerprint density at radius 3 is 2.17 bits per heavy atom. The fraction of sp³-hybridized carbons (Fsp3) is 0.667. The molecule has 6 heteroatoms. The van der Waals surface area contributed by atoms with Crippen molar-refractivity contribution in [2.75, 3.05) is 5.88 Å². The Bertz CT molecular complexity index is 141. The molecule has 0 aromatic heterocycles. The van der Waals surface area contributed by atoms with E-state index in [1.165, 1.54) is 5.48 Å². The number of nitrogens with one attached hydrogen (secondary N) is 1. The van der Waals surface area contributed by atoms with Gasteiger partial charge in [0.15, 0.2) is 0 Å². The first-order valence-electron chi connectivity index (χ1n) is 3.35. The maximum Gasteiger partial charge on any atom is 0.243 e. The summed E-state index contributed by atoms with van der Waals surface area (Å²) in [6, 6.07) is 0. The number of rotatable bonds is 3. The zero-order valence-electron chi connectivity index (χ0n) is 6.84. The zero-order chi connectivity index (χ0) is 9.98. The number of carbonyl (C=O) groups is 2. The lowest BCUT2D eigenvalue weighted by molar-refractivity contribution is -0.131. The first-order chi connectivity index (χ1) is 5.58. The molecule has 5 nitrogen and oxygen atoms in total. The number of hydrogen-bond acceptors (Lipinski definition) is 3. The number of hydrogen-bond donors (Lipinski definition) is 3. The van der Waals surface area contributed by atoms with E-state index in [0.29, 0.717) is 0 Å². The number of hydroxylamine groups is 1. The Morgan fingerprint density at radius 1 is 1.50 bits per heavy atom. The van der Waals surface area contributed by atoms with Crippen molar-refractivity contribution in [3.05, 3.63) is 0 Å². The number of carbonyl (C=O) groups excluding carboxylic acids is 2. The van der Waals surface area contributed by atoms with Crippen LogP contribution in [0.3, 0.4) is 0 Å². The van der Waals surface area contributed by atoms with Gasteiger partial charge in [0.05, 0.1) is 0 Å². The molecule has 0 fully saturated rings. The van der Waals surface area contributed by atoms with Crippen LogP contribution < -0.4 is 11.2 Å². The molecule has 0 aliphatic carbocycles. The Kier molecular flexibility index (Phi) is 11.7. The minimum atomic E-state index is -0.603. The molecular formula is C6H13ClN2O3. The minimum absolute atomic E-state index is 0.0353. The summed E-state index contributed by atoms with van der Waals surface area (Å²) in [5, 5.41) is 7.90.